The zero-order valence-electron chi connectivity index (χ0n) is 23.7. The van der Waals surface area contributed by atoms with Crippen LogP contribution >= 0.6 is 0 Å². The van der Waals surface area contributed by atoms with Gasteiger partial charge >= 0.3 is 0 Å². The van der Waals surface area contributed by atoms with Crippen molar-refractivity contribution >= 4 is 28.7 Å². The van der Waals surface area contributed by atoms with Gasteiger partial charge in [-0.25, -0.2) is 0 Å². The molecule has 5 rings (SSSR count). The van der Waals surface area contributed by atoms with E-state index >= 15 is 0 Å². The highest BCUT2D eigenvalue weighted by atomic mass is 16.2. The van der Waals surface area contributed by atoms with Gasteiger partial charge in [0.2, 0.25) is 5.91 Å². The highest BCUT2D eigenvalue weighted by Gasteiger charge is 2.32. The normalized spacial score (nSPS) is 17.3. The van der Waals surface area contributed by atoms with Crippen LogP contribution in [-0.2, 0) is 4.79 Å². The van der Waals surface area contributed by atoms with Crippen molar-refractivity contribution in [1.82, 2.24) is 20.5 Å². The van der Waals surface area contributed by atoms with Crippen LogP contribution in [0.2, 0.25) is 0 Å². The molecule has 2 atom stereocenters. The Morgan fingerprint density at radius 2 is 1.64 bits per heavy atom. The van der Waals surface area contributed by atoms with Gasteiger partial charge in [0.1, 0.15) is 5.69 Å². The average Bonchev–Trinajstić information content (AvgIpc) is 3.39. The SMILES string of the molecule is NC(N)=NCCCC1NC(CNC(=O)c2cc3ccccc3[nH]2)CCN(CC(c2ccccc2)c2ccccc2)C1=O. The summed E-state index contributed by atoms with van der Waals surface area (Å²) in [6.07, 6.45) is 1.95. The first-order chi connectivity index (χ1) is 20.5. The number of nitrogens with two attached hydrogens (primary N) is 2. The molecule has 1 aliphatic heterocycles. The van der Waals surface area contributed by atoms with Crippen LogP contribution in [-0.4, -0.2) is 65.9 Å². The fourth-order valence-corrected chi connectivity index (χ4v) is 5.64. The van der Waals surface area contributed by atoms with Gasteiger partial charge in [-0.3, -0.25) is 14.6 Å². The number of nitrogens with one attached hydrogen (secondary N) is 3. The van der Waals surface area contributed by atoms with Crippen LogP contribution in [0.15, 0.2) is 96.0 Å². The van der Waals surface area contributed by atoms with Gasteiger partial charge in [0.15, 0.2) is 5.96 Å². The summed E-state index contributed by atoms with van der Waals surface area (Å²) in [6.45, 7) is 2.00. The van der Waals surface area contributed by atoms with E-state index in [1.165, 1.54) is 11.1 Å². The number of para-hydroxylation sites is 1. The number of aromatic nitrogens is 1. The summed E-state index contributed by atoms with van der Waals surface area (Å²) in [4.78, 5) is 36.2. The van der Waals surface area contributed by atoms with Crippen LogP contribution < -0.4 is 22.1 Å². The molecule has 7 N–H and O–H groups in total. The molecule has 218 valence electrons. The Balaban J connectivity index is 1.31. The summed E-state index contributed by atoms with van der Waals surface area (Å²) in [5, 5.41) is 7.60. The third-order valence-corrected chi connectivity index (χ3v) is 7.83. The molecule has 0 radical (unpaired) electrons. The zero-order chi connectivity index (χ0) is 29.3. The highest BCUT2D eigenvalue weighted by molar-refractivity contribution is 5.98. The Bertz CT molecular complexity index is 1430. The first-order valence-corrected chi connectivity index (χ1v) is 14.5. The van der Waals surface area contributed by atoms with Gasteiger partial charge in [0.25, 0.3) is 5.91 Å². The minimum atomic E-state index is -0.413. The van der Waals surface area contributed by atoms with Crippen molar-refractivity contribution < 1.29 is 9.59 Å². The molecular weight excluding hydrogens is 526 g/mol. The van der Waals surface area contributed by atoms with Gasteiger partial charge < -0.3 is 32.0 Å². The summed E-state index contributed by atoms with van der Waals surface area (Å²) in [7, 11) is 0. The van der Waals surface area contributed by atoms with E-state index in [0.717, 1.165) is 10.9 Å². The maximum absolute atomic E-state index is 14.0. The average molecular weight is 566 g/mol. The number of aliphatic imine (C=N–C) groups is 1. The van der Waals surface area contributed by atoms with E-state index in [2.05, 4.69) is 44.9 Å². The van der Waals surface area contributed by atoms with Crippen LogP contribution in [0.3, 0.4) is 0 Å². The second-order valence-corrected chi connectivity index (χ2v) is 10.8. The molecule has 0 spiro atoms. The number of nitrogens with zero attached hydrogens (tertiary/aromatic N) is 2. The lowest BCUT2D eigenvalue weighted by atomic mass is 9.90. The summed E-state index contributed by atoms with van der Waals surface area (Å²) >= 11 is 0. The third kappa shape index (κ3) is 7.36. The molecule has 42 heavy (non-hydrogen) atoms. The maximum Gasteiger partial charge on any atom is 0.267 e. The Morgan fingerprint density at radius 1 is 0.976 bits per heavy atom. The van der Waals surface area contributed by atoms with Gasteiger partial charge in [0, 0.05) is 49.0 Å². The van der Waals surface area contributed by atoms with Gasteiger partial charge in [-0.2, -0.15) is 0 Å². The van der Waals surface area contributed by atoms with E-state index in [9.17, 15) is 9.59 Å². The molecule has 0 aliphatic carbocycles. The van der Waals surface area contributed by atoms with E-state index in [-0.39, 0.29) is 29.7 Å². The molecule has 1 saturated heterocycles. The van der Waals surface area contributed by atoms with Crippen molar-refractivity contribution in [2.24, 2.45) is 16.5 Å². The second-order valence-electron chi connectivity index (χ2n) is 10.8. The fourth-order valence-electron chi connectivity index (χ4n) is 5.64. The lowest BCUT2D eigenvalue weighted by Gasteiger charge is -2.29. The first kappa shape index (κ1) is 28.9. The molecule has 4 aromatic rings. The number of carbonyl (C=O) groups excluding carboxylic acids is 2. The minimum absolute atomic E-state index is 0.0388. The van der Waals surface area contributed by atoms with Crippen LogP contribution in [0.4, 0.5) is 0 Å². The number of amides is 2. The van der Waals surface area contributed by atoms with Crippen molar-refractivity contribution in [3.8, 4) is 0 Å². The molecule has 1 aromatic heterocycles. The Kier molecular flexibility index (Phi) is 9.51. The third-order valence-electron chi connectivity index (χ3n) is 7.83. The van der Waals surface area contributed by atoms with Gasteiger partial charge in [0.05, 0.1) is 6.04 Å². The summed E-state index contributed by atoms with van der Waals surface area (Å²) in [5.74, 6) is -0.0289. The van der Waals surface area contributed by atoms with Crippen LogP contribution in [0.25, 0.3) is 10.9 Å². The number of hydrogen-bond donors (Lipinski definition) is 5. The van der Waals surface area contributed by atoms with Gasteiger partial charge in [-0.1, -0.05) is 78.9 Å². The molecule has 3 aromatic carbocycles. The maximum atomic E-state index is 14.0. The Morgan fingerprint density at radius 3 is 2.31 bits per heavy atom. The largest absolute Gasteiger partial charge is 0.370 e. The quantitative estimate of drug-likeness (QED) is 0.108. The number of aromatic amines is 1. The molecule has 9 nitrogen and oxygen atoms in total. The molecule has 1 aliphatic rings. The number of guanidine groups is 1. The van der Waals surface area contributed by atoms with E-state index in [1.807, 2.05) is 71.6 Å². The predicted octanol–water partition coefficient (Wildman–Crippen LogP) is 3.34. The molecular formula is C33H39N7O2. The fraction of sp³-hybridized carbons (Fsp3) is 0.303. The van der Waals surface area contributed by atoms with Gasteiger partial charge in [-0.05, 0) is 42.5 Å². The molecule has 2 unspecified atom stereocenters. The standard InChI is InChI=1S/C33H39N7O2/c34-33(35)36-18-9-16-29-32(42)40(22-27(23-10-3-1-4-11-23)24-12-5-2-6-13-24)19-17-26(38-29)21-37-31(41)30-20-25-14-7-8-15-28(25)39-30/h1-8,10-15,20,26-27,29,38-39H,9,16-19,21-22H2,(H,37,41)(H4,34,35,36). The number of H-pyrrole nitrogens is 1. The summed E-state index contributed by atoms with van der Waals surface area (Å²) in [6, 6.07) is 29.8. The molecule has 9 heteroatoms. The number of rotatable bonds is 11. The topological polar surface area (TPSA) is 142 Å². The van der Waals surface area contributed by atoms with E-state index in [4.69, 9.17) is 11.5 Å². The molecule has 2 heterocycles. The van der Waals surface area contributed by atoms with E-state index in [0.29, 0.717) is 51.1 Å². The lowest BCUT2D eigenvalue weighted by molar-refractivity contribution is -0.133. The number of benzene rings is 3. The summed E-state index contributed by atoms with van der Waals surface area (Å²) < 4.78 is 0. The zero-order valence-corrected chi connectivity index (χ0v) is 23.7. The van der Waals surface area contributed by atoms with E-state index in [1.54, 1.807) is 0 Å². The van der Waals surface area contributed by atoms with Gasteiger partial charge in [-0.15, -0.1) is 0 Å². The van der Waals surface area contributed by atoms with Crippen LogP contribution in [0.5, 0.6) is 0 Å². The molecule has 1 fully saturated rings. The van der Waals surface area contributed by atoms with Crippen LogP contribution in [0.1, 0.15) is 46.8 Å². The minimum Gasteiger partial charge on any atom is -0.370 e. The van der Waals surface area contributed by atoms with Crippen molar-refractivity contribution in [3.05, 3.63) is 108 Å². The van der Waals surface area contributed by atoms with Crippen molar-refractivity contribution in [2.45, 2.75) is 37.3 Å². The van der Waals surface area contributed by atoms with Crippen molar-refractivity contribution in [3.63, 3.8) is 0 Å². The molecule has 0 bridgehead atoms. The highest BCUT2D eigenvalue weighted by Crippen LogP contribution is 2.27. The van der Waals surface area contributed by atoms with Crippen molar-refractivity contribution in [1.29, 1.82) is 0 Å². The molecule has 2 amide bonds. The molecule has 0 saturated carbocycles. The number of carbonyl (C=O) groups is 2. The van der Waals surface area contributed by atoms with E-state index < -0.39 is 6.04 Å². The van der Waals surface area contributed by atoms with Crippen molar-refractivity contribution in [2.75, 3.05) is 26.2 Å². The Hall–Kier alpha value is -4.63. The number of hydrogen-bond acceptors (Lipinski definition) is 4. The van der Waals surface area contributed by atoms with Crippen LogP contribution in [0, 0.1) is 0 Å². The lowest BCUT2D eigenvalue weighted by Crippen LogP contribution is -2.49. The monoisotopic (exact) mass is 565 g/mol. The Labute approximate surface area is 246 Å². The second kappa shape index (κ2) is 13.8. The predicted molar refractivity (Wildman–Crippen MR) is 167 cm³/mol. The first-order valence-electron chi connectivity index (χ1n) is 14.5. The summed E-state index contributed by atoms with van der Waals surface area (Å²) in [5.41, 5.74) is 14.8. The smallest absolute Gasteiger partial charge is 0.267 e. The number of fused-ring (bicyclic) bond motifs is 1.